The number of aldehydes is 1. The molecule has 0 saturated carbocycles. The maximum absolute atomic E-state index is 13.6. The minimum atomic E-state index is -1.09. The third-order valence-electron chi connectivity index (χ3n) is 7.23. The van der Waals surface area contributed by atoms with E-state index in [1.165, 1.54) is 4.90 Å². The summed E-state index contributed by atoms with van der Waals surface area (Å²) in [5, 5.41) is 7.35. The van der Waals surface area contributed by atoms with Gasteiger partial charge in [-0.3, -0.25) is 24.0 Å². The zero-order valence-corrected chi connectivity index (χ0v) is 23.7. The summed E-state index contributed by atoms with van der Waals surface area (Å²) in [4.78, 5) is 70.5. The van der Waals surface area contributed by atoms with E-state index < -0.39 is 29.9 Å². The Morgan fingerprint density at radius 3 is 2.38 bits per heavy atom. The summed E-state index contributed by atoms with van der Waals surface area (Å²) in [5.41, 5.74) is 3.57. The fourth-order valence-electron chi connectivity index (χ4n) is 4.98. The van der Waals surface area contributed by atoms with Crippen molar-refractivity contribution in [3.8, 4) is 0 Å². The highest BCUT2D eigenvalue weighted by molar-refractivity contribution is 6.01. The second kappa shape index (κ2) is 14.4. The predicted octanol–water partition coefficient (Wildman–Crippen LogP) is 2.91. The van der Waals surface area contributed by atoms with E-state index >= 15 is 0 Å². The van der Waals surface area contributed by atoms with Crippen LogP contribution >= 0.6 is 0 Å². The van der Waals surface area contributed by atoms with Crippen LogP contribution in [0.3, 0.4) is 0 Å². The molecule has 1 aliphatic heterocycles. The molecule has 3 N–H and O–H groups in total. The zero-order valence-electron chi connectivity index (χ0n) is 23.7. The van der Waals surface area contributed by atoms with Crippen LogP contribution in [0.2, 0.25) is 0 Å². The number of nitrogens with one attached hydrogen (secondary N) is 3. The Hall–Kier alpha value is -4.57. The molecule has 42 heavy (non-hydrogen) atoms. The number of fused-ring (bicyclic) bond motifs is 1. The topological polar surface area (TPSA) is 134 Å². The van der Waals surface area contributed by atoms with Gasteiger partial charge in [-0.05, 0) is 47.2 Å². The molecule has 3 aromatic rings. The number of hydrogen-bond donors (Lipinski definition) is 3. The molecule has 0 unspecified atom stereocenters. The molecule has 0 aromatic heterocycles. The standard InChI is InChI=1S/C32H36N4O6/c1-21(2)29(34-30(39)25-15-14-23-11-6-7-12-24(23)17-25)32(41)36-16-8-13-27(36)31(40)33-26(19-37)18-28(38)35-42-20-22-9-4-3-5-10-22/h3-7,9-12,14-15,17,19,21,26-27,29H,8,13,16,18,20H2,1-2H3,(H,33,40)(H,34,39)(H,35,38)/t26-,27-,29-/m0/s1. The molecule has 0 radical (unpaired) electrons. The van der Waals surface area contributed by atoms with Gasteiger partial charge in [-0.15, -0.1) is 0 Å². The first-order valence-electron chi connectivity index (χ1n) is 14.1. The third-order valence-corrected chi connectivity index (χ3v) is 7.23. The van der Waals surface area contributed by atoms with Crippen LogP contribution in [0.4, 0.5) is 0 Å². The van der Waals surface area contributed by atoms with Crippen molar-refractivity contribution in [2.45, 2.75) is 57.8 Å². The van der Waals surface area contributed by atoms with Gasteiger partial charge in [-0.1, -0.05) is 74.5 Å². The average Bonchev–Trinajstić information content (AvgIpc) is 3.49. The van der Waals surface area contributed by atoms with Crippen LogP contribution < -0.4 is 16.1 Å². The third kappa shape index (κ3) is 7.79. The fraction of sp³-hybridized carbons (Fsp3) is 0.344. The van der Waals surface area contributed by atoms with Crippen LogP contribution in [0.1, 0.15) is 49.0 Å². The lowest BCUT2D eigenvalue weighted by Crippen LogP contribution is -2.56. The van der Waals surface area contributed by atoms with E-state index in [0.29, 0.717) is 31.2 Å². The minimum absolute atomic E-state index is 0.151. The molecule has 0 bridgehead atoms. The first kappa shape index (κ1) is 30.4. The molecule has 4 rings (SSSR count). The highest BCUT2D eigenvalue weighted by Crippen LogP contribution is 2.22. The Morgan fingerprint density at radius 1 is 0.952 bits per heavy atom. The summed E-state index contributed by atoms with van der Waals surface area (Å²) in [6, 6.07) is 19.5. The van der Waals surface area contributed by atoms with Crippen molar-refractivity contribution in [2.75, 3.05) is 6.54 Å². The Labute approximate surface area is 244 Å². The van der Waals surface area contributed by atoms with Crippen LogP contribution in [0.15, 0.2) is 72.8 Å². The van der Waals surface area contributed by atoms with E-state index in [0.717, 1.165) is 16.3 Å². The smallest absolute Gasteiger partial charge is 0.251 e. The van der Waals surface area contributed by atoms with Crippen molar-refractivity contribution in [1.29, 1.82) is 0 Å². The number of carbonyl (C=O) groups excluding carboxylic acids is 5. The van der Waals surface area contributed by atoms with E-state index in [9.17, 15) is 24.0 Å². The molecule has 0 aliphatic carbocycles. The number of nitrogens with zero attached hydrogens (tertiary/aromatic N) is 1. The van der Waals surface area contributed by atoms with Crippen molar-refractivity contribution >= 4 is 40.7 Å². The number of carbonyl (C=O) groups is 5. The van der Waals surface area contributed by atoms with Crippen LogP contribution in [0.5, 0.6) is 0 Å². The van der Waals surface area contributed by atoms with Gasteiger partial charge < -0.3 is 20.3 Å². The van der Waals surface area contributed by atoms with E-state index in [1.54, 1.807) is 12.1 Å². The number of likely N-dealkylation sites (tertiary alicyclic amines) is 1. The van der Waals surface area contributed by atoms with Gasteiger partial charge in [0.15, 0.2) is 0 Å². The first-order valence-corrected chi connectivity index (χ1v) is 14.1. The number of amides is 4. The van der Waals surface area contributed by atoms with Crippen LogP contribution in [0.25, 0.3) is 10.8 Å². The lowest BCUT2D eigenvalue weighted by atomic mass is 10.0. The Bertz CT molecular complexity index is 1430. The molecular formula is C32H36N4O6. The van der Waals surface area contributed by atoms with Crippen LogP contribution in [-0.2, 0) is 30.6 Å². The predicted molar refractivity (Wildman–Crippen MR) is 157 cm³/mol. The fourth-order valence-corrected chi connectivity index (χ4v) is 4.98. The molecule has 1 fully saturated rings. The monoisotopic (exact) mass is 572 g/mol. The molecule has 220 valence electrons. The summed E-state index contributed by atoms with van der Waals surface area (Å²) >= 11 is 0. The number of hydroxylamine groups is 1. The second-order valence-electron chi connectivity index (χ2n) is 10.7. The normalized spacial score (nSPS) is 16.1. The molecule has 10 heteroatoms. The average molecular weight is 573 g/mol. The molecule has 1 heterocycles. The van der Waals surface area contributed by atoms with Gasteiger partial charge in [0.1, 0.15) is 18.4 Å². The minimum Gasteiger partial charge on any atom is -0.344 e. The SMILES string of the molecule is CC(C)[C@H](NC(=O)c1ccc2ccccc2c1)C(=O)N1CCC[C@H]1C(=O)N[C@H](C=O)CC(=O)NOCc1ccccc1. The van der Waals surface area contributed by atoms with Gasteiger partial charge in [0.25, 0.3) is 5.91 Å². The van der Waals surface area contributed by atoms with Gasteiger partial charge >= 0.3 is 0 Å². The first-order chi connectivity index (χ1) is 20.3. The van der Waals surface area contributed by atoms with Crippen molar-refractivity contribution in [3.63, 3.8) is 0 Å². The number of hydrogen-bond acceptors (Lipinski definition) is 6. The van der Waals surface area contributed by atoms with Gasteiger partial charge in [-0.2, -0.15) is 0 Å². The summed E-state index contributed by atoms with van der Waals surface area (Å²) in [6.45, 7) is 4.15. The maximum Gasteiger partial charge on any atom is 0.251 e. The van der Waals surface area contributed by atoms with Gasteiger partial charge in [0, 0.05) is 12.1 Å². The highest BCUT2D eigenvalue weighted by Gasteiger charge is 2.39. The molecule has 4 amide bonds. The van der Waals surface area contributed by atoms with Crippen molar-refractivity contribution < 1.29 is 28.8 Å². The van der Waals surface area contributed by atoms with Gasteiger partial charge in [-0.25, -0.2) is 5.48 Å². The maximum atomic E-state index is 13.6. The van der Waals surface area contributed by atoms with E-state index in [-0.39, 0.29) is 30.8 Å². The largest absolute Gasteiger partial charge is 0.344 e. The van der Waals surface area contributed by atoms with Crippen molar-refractivity contribution in [1.82, 2.24) is 21.0 Å². The zero-order chi connectivity index (χ0) is 30.1. The lowest BCUT2D eigenvalue weighted by molar-refractivity contribution is -0.141. The lowest BCUT2D eigenvalue weighted by Gasteiger charge is -2.31. The van der Waals surface area contributed by atoms with Crippen molar-refractivity contribution in [2.24, 2.45) is 5.92 Å². The van der Waals surface area contributed by atoms with E-state index in [2.05, 4.69) is 16.1 Å². The summed E-state index contributed by atoms with van der Waals surface area (Å²) in [6.07, 6.45) is 1.16. The van der Waals surface area contributed by atoms with Gasteiger partial charge in [0.2, 0.25) is 17.7 Å². The quantitative estimate of drug-likeness (QED) is 0.226. The highest BCUT2D eigenvalue weighted by atomic mass is 16.6. The molecule has 0 spiro atoms. The molecule has 10 nitrogen and oxygen atoms in total. The molecule has 3 aromatic carbocycles. The number of rotatable bonds is 12. The van der Waals surface area contributed by atoms with Crippen LogP contribution in [-0.4, -0.2) is 59.5 Å². The molecular weight excluding hydrogens is 536 g/mol. The molecule has 3 atom stereocenters. The Kier molecular flexibility index (Phi) is 10.4. The summed E-state index contributed by atoms with van der Waals surface area (Å²) in [5.74, 6) is -2.09. The number of benzene rings is 3. The molecule has 1 saturated heterocycles. The van der Waals surface area contributed by atoms with E-state index in [4.69, 9.17) is 4.84 Å². The summed E-state index contributed by atoms with van der Waals surface area (Å²) < 4.78 is 0. The van der Waals surface area contributed by atoms with Crippen LogP contribution in [0, 0.1) is 5.92 Å². The van der Waals surface area contributed by atoms with E-state index in [1.807, 2.05) is 74.5 Å². The second-order valence-corrected chi connectivity index (χ2v) is 10.7. The van der Waals surface area contributed by atoms with Crippen molar-refractivity contribution in [3.05, 3.63) is 83.9 Å². The molecule has 1 aliphatic rings. The Morgan fingerprint density at radius 2 is 1.67 bits per heavy atom. The van der Waals surface area contributed by atoms with Gasteiger partial charge in [0.05, 0.1) is 19.1 Å². The summed E-state index contributed by atoms with van der Waals surface area (Å²) in [7, 11) is 0. The Balaban J connectivity index is 1.34.